The van der Waals surface area contributed by atoms with Gasteiger partial charge in [0.1, 0.15) is 0 Å². The third kappa shape index (κ3) is 3.55. The van der Waals surface area contributed by atoms with Gasteiger partial charge in [0.15, 0.2) is 0 Å². The van der Waals surface area contributed by atoms with Gasteiger partial charge < -0.3 is 4.90 Å². The average molecular weight is 388 g/mol. The fraction of sp³-hybridized carbons (Fsp3) is 0.103. The Hall–Kier alpha value is -3.58. The van der Waals surface area contributed by atoms with E-state index in [4.69, 9.17) is 0 Å². The molecule has 0 aromatic heterocycles. The number of rotatable bonds is 4. The zero-order valence-corrected chi connectivity index (χ0v) is 17.3. The third-order valence-electron chi connectivity index (χ3n) is 5.86. The topological polar surface area (TPSA) is 3.24 Å². The predicted molar refractivity (Wildman–Crippen MR) is 129 cm³/mol. The van der Waals surface area contributed by atoms with Gasteiger partial charge in [0, 0.05) is 16.8 Å². The largest absolute Gasteiger partial charge is 0.314 e. The summed E-state index contributed by atoms with van der Waals surface area (Å²) < 4.78 is 0. The summed E-state index contributed by atoms with van der Waals surface area (Å²) >= 11 is 0. The summed E-state index contributed by atoms with van der Waals surface area (Å²) in [5.41, 5.74) is 7.80. The summed E-state index contributed by atoms with van der Waals surface area (Å²) in [5, 5.41) is 2.54. The molecule has 1 aliphatic carbocycles. The van der Waals surface area contributed by atoms with Gasteiger partial charge >= 0.3 is 0 Å². The standard InChI is InChI=1S/C29H25N/c1-22-14-16-23(17-15-22)24-18-20-27(21-19-24)30(26-10-3-2-4-11-26)29-13-7-9-25-8-5-6-12-28(25)29/h2-18,20H,19,21H2,1H3. The second kappa shape index (κ2) is 8.04. The van der Waals surface area contributed by atoms with E-state index in [1.165, 1.54) is 44.5 Å². The molecule has 1 aliphatic rings. The minimum absolute atomic E-state index is 1.01. The van der Waals surface area contributed by atoms with Gasteiger partial charge in [-0.1, -0.05) is 90.5 Å². The second-order valence-electron chi connectivity index (χ2n) is 7.89. The van der Waals surface area contributed by atoms with Crippen LogP contribution in [0.3, 0.4) is 0 Å². The molecule has 4 aromatic carbocycles. The Balaban J connectivity index is 1.61. The molecule has 0 spiro atoms. The van der Waals surface area contributed by atoms with Gasteiger partial charge in [-0.05, 0) is 60.6 Å². The molecule has 0 N–H and O–H groups in total. The van der Waals surface area contributed by atoms with Crippen molar-refractivity contribution in [1.82, 2.24) is 0 Å². The molecule has 4 aromatic rings. The zero-order chi connectivity index (χ0) is 20.3. The molecule has 1 heteroatoms. The maximum Gasteiger partial charge on any atom is 0.0536 e. The lowest BCUT2D eigenvalue weighted by Crippen LogP contribution is -2.18. The van der Waals surface area contributed by atoms with Gasteiger partial charge in [0.05, 0.1) is 5.69 Å². The van der Waals surface area contributed by atoms with E-state index in [9.17, 15) is 0 Å². The first-order valence-corrected chi connectivity index (χ1v) is 10.6. The van der Waals surface area contributed by atoms with E-state index >= 15 is 0 Å². The van der Waals surface area contributed by atoms with Gasteiger partial charge in [-0.25, -0.2) is 0 Å². The molecule has 0 fully saturated rings. The molecule has 0 atom stereocenters. The number of allylic oxidation sites excluding steroid dienone is 4. The molecule has 0 saturated carbocycles. The first-order chi connectivity index (χ1) is 14.8. The second-order valence-corrected chi connectivity index (χ2v) is 7.89. The highest BCUT2D eigenvalue weighted by molar-refractivity contribution is 5.97. The molecule has 146 valence electrons. The van der Waals surface area contributed by atoms with Crippen LogP contribution in [0.15, 0.2) is 115 Å². The zero-order valence-electron chi connectivity index (χ0n) is 17.3. The highest BCUT2D eigenvalue weighted by Gasteiger charge is 2.19. The van der Waals surface area contributed by atoms with Crippen molar-refractivity contribution in [3.05, 3.63) is 126 Å². The number of anilines is 2. The van der Waals surface area contributed by atoms with Crippen LogP contribution in [0.5, 0.6) is 0 Å². The lowest BCUT2D eigenvalue weighted by molar-refractivity contribution is 0.931. The van der Waals surface area contributed by atoms with Crippen LogP contribution in [0, 0.1) is 6.92 Å². The molecule has 0 bridgehead atoms. The number of hydrogen-bond acceptors (Lipinski definition) is 1. The Morgan fingerprint density at radius 3 is 2.13 bits per heavy atom. The summed E-state index contributed by atoms with van der Waals surface area (Å²) in [6.45, 7) is 2.14. The lowest BCUT2D eigenvalue weighted by Gasteiger charge is -2.31. The maximum atomic E-state index is 2.42. The quantitative estimate of drug-likeness (QED) is 0.342. The number of fused-ring (bicyclic) bond motifs is 1. The van der Waals surface area contributed by atoms with E-state index < -0.39 is 0 Å². The Morgan fingerprint density at radius 1 is 0.633 bits per heavy atom. The number of para-hydroxylation sites is 1. The Kier molecular flexibility index (Phi) is 4.94. The van der Waals surface area contributed by atoms with Crippen molar-refractivity contribution in [3.63, 3.8) is 0 Å². The summed E-state index contributed by atoms with van der Waals surface area (Å²) in [7, 11) is 0. The lowest BCUT2D eigenvalue weighted by atomic mass is 9.94. The van der Waals surface area contributed by atoms with Crippen LogP contribution in [0.2, 0.25) is 0 Å². The van der Waals surface area contributed by atoms with Crippen molar-refractivity contribution in [1.29, 1.82) is 0 Å². The van der Waals surface area contributed by atoms with E-state index in [1.54, 1.807) is 0 Å². The van der Waals surface area contributed by atoms with Crippen LogP contribution in [0.4, 0.5) is 11.4 Å². The molecule has 0 amide bonds. The van der Waals surface area contributed by atoms with Crippen LogP contribution >= 0.6 is 0 Å². The number of nitrogens with zero attached hydrogens (tertiary/aromatic N) is 1. The summed E-state index contributed by atoms with van der Waals surface area (Å²) in [6, 6.07) is 34.8. The highest BCUT2D eigenvalue weighted by atomic mass is 15.1. The Morgan fingerprint density at radius 2 is 1.37 bits per heavy atom. The van der Waals surface area contributed by atoms with Crippen LogP contribution < -0.4 is 4.90 Å². The SMILES string of the molecule is Cc1ccc(C2=CC=C(N(c3ccccc3)c3cccc4ccccc34)CC2)cc1. The molecule has 30 heavy (non-hydrogen) atoms. The van der Waals surface area contributed by atoms with E-state index in [0.717, 1.165) is 12.8 Å². The molecular weight excluding hydrogens is 362 g/mol. The van der Waals surface area contributed by atoms with Crippen molar-refractivity contribution in [2.45, 2.75) is 19.8 Å². The first kappa shape index (κ1) is 18.4. The van der Waals surface area contributed by atoms with E-state index in [-0.39, 0.29) is 0 Å². The molecule has 0 unspecified atom stereocenters. The van der Waals surface area contributed by atoms with E-state index in [1.807, 2.05) is 0 Å². The molecule has 0 saturated heterocycles. The number of aryl methyl sites for hydroxylation is 1. The van der Waals surface area contributed by atoms with Crippen LogP contribution in [-0.2, 0) is 0 Å². The molecule has 0 radical (unpaired) electrons. The monoisotopic (exact) mass is 387 g/mol. The third-order valence-corrected chi connectivity index (χ3v) is 5.86. The van der Waals surface area contributed by atoms with Gasteiger partial charge in [0.2, 0.25) is 0 Å². The molecule has 0 aliphatic heterocycles. The smallest absolute Gasteiger partial charge is 0.0536 e. The Labute approximate surface area is 178 Å². The van der Waals surface area contributed by atoms with E-state index in [0.29, 0.717) is 0 Å². The molecule has 0 heterocycles. The number of hydrogen-bond donors (Lipinski definition) is 0. The van der Waals surface area contributed by atoms with Crippen LogP contribution in [0.1, 0.15) is 24.0 Å². The first-order valence-electron chi connectivity index (χ1n) is 10.6. The van der Waals surface area contributed by atoms with Crippen molar-refractivity contribution in [2.24, 2.45) is 0 Å². The van der Waals surface area contributed by atoms with Crippen molar-refractivity contribution in [3.8, 4) is 0 Å². The molecular formula is C29H25N. The van der Waals surface area contributed by atoms with Crippen molar-refractivity contribution < 1.29 is 0 Å². The van der Waals surface area contributed by atoms with Crippen molar-refractivity contribution >= 4 is 27.7 Å². The van der Waals surface area contributed by atoms with Crippen LogP contribution in [-0.4, -0.2) is 0 Å². The normalized spacial score (nSPS) is 13.6. The van der Waals surface area contributed by atoms with Crippen LogP contribution in [0.25, 0.3) is 16.3 Å². The average Bonchev–Trinajstić information content (AvgIpc) is 2.81. The van der Waals surface area contributed by atoms with E-state index in [2.05, 4.69) is 121 Å². The van der Waals surface area contributed by atoms with Crippen molar-refractivity contribution in [2.75, 3.05) is 4.90 Å². The predicted octanol–water partition coefficient (Wildman–Crippen LogP) is 8.05. The maximum absolute atomic E-state index is 2.42. The van der Waals surface area contributed by atoms with Gasteiger partial charge in [-0.3, -0.25) is 0 Å². The van der Waals surface area contributed by atoms with Gasteiger partial charge in [0.25, 0.3) is 0 Å². The molecule has 1 nitrogen and oxygen atoms in total. The minimum Gasteiger partial charge on any atom is -0.314 e. The van der Waals surface area contributed by atoms with Gasteiger partial charge in [-0.2, -0.15) is 0 Å². The van der Waals surface area contributed by atoms with Gasteiger partial charge in [-0.15, -0.1) is 0 Å². The fourth-order valence-corrected chi connectivity index (χ4v) is 4.26. The minimum atomic E-state index is 1.01. The Bertz CT molecular complexity index is 1230. The summed E-state index contributed by atoms with van der Waals surface area (Å²) in [5.74, 6) is 0. The number of benzene rings is 4. The summed E-state index contributed by atoms with van der Waals surface area (Å²) in [6.07, 6.45) is 6.65. The molecule has 5 rings (SSSR count). The highest BCUT2D eigenvalue weighted by Crippen LogP contribution is 2.39. The fourth-order valence-electron chi connectivity index (χ4n) is 4.26. The summed E-state index contributed by atoms with van der Waals surface area (Å²) in [4.78, 5) is 2.42.